The van der Waals surface area contributed by atoms with Crippen LogP contribution < -0.4 is 10.2 Å². The molecular weight excluding hydrogens is 264 g/mol. The maximum absolute atomic E-state index is 3.68. The van der Waals surface area contributed by atoms with Crippen molar-refractivity contribution in [1.29, 1.82) is 0 Å². The van der Waals surface area contributed by atoms with Gasteiger partial charge in [0.25, 0.3) is 0 Å². The van der Waals surface area contributed by atoms with Crippen molar-refractivity contribution in [3.05, 3.63) is 28.2 Å². The fraction of sp³-hybridized carbons (Fsp3) is 0.538. The first-order chi connectivity index (χ1) is 7.59. The van der Waals surface area contributed by atoms with E-state index < -0.39 is 0 Å². The molecule has 1 atom stereocenters. The summed E-state index contributed by atoms with van der Waals surface area (Å²) in [7, 11) is 0. The van der Waals surface area contributed by atoms with Gasteiger partial charge in [0.15, 0.2) is 0 Å². The van der Waals surface area contributed by atoms with Gasteiger partial charge in [-0.1, -0.05) is 12.1 Å². The van der Waals surface area contributed by atoms with Gasteiger partial charge in [-0.25, -0.2) is 0 Å². The number of hydrogen-bond donors (Lipinski definition) is 1. The van der Waals surface area contributed by atoms with E-state index in [9.17, 15) is 0 Å². The van der Waals surface area contributed by atoms with E-state index in [0.717, 1.165) is 13.1 Å². The van der Waals surface area contributed by atoms with Crippen LogP contribution in [-0.4, -0.2) is 18.6 Å². The van der Waals surface area contributed by atoms with Crippen molar-refractivity contribution in [2.24, 2.45) is 0 Å². The fourth-order valence-electron chi connectivity index (χ4n) is 2.23. The van der Waals surface area contributed by atoms with Crippen molar-refractivity contribution in [3.8, 4) is 0 Å². The molecule has 16 heavy (non-hydrogen) atoms. The molecule has 1 aliphatic rings. The largest absolute Gasteiger partial charge is 0.366 e. The Morgan fingerprint density at radius 1 is 1.44 bits per heavy atom. The maximum atomic E-state index is 3.68. The highest BCUT2D eigenvalue weighted by Gasteiger charge is 2.22. The first kappa shape index (κ1) is 11.9. The average Bonchev–Trinajstić information content (AvgIpc) is 2.39. The summed E-state index contributed by atoms with van der Waals surface area (Å²) in [5.41, 5.74) is 2.74. The molecule has 0 aliphatic carbocycles. The van der Waals surface area contributed by atoms with Crippen LogP contribution in [0.5, 0.6) is 0 Å². The predicted octanol–water partition coefficient (Wildman–Crippen LogP) is 3.16. The highest BCUT2D eigenvalue weighted by molar-refractivity contribution is 9.10. The molecule has 1 aromatic rings. The van der Waals surface area contributed by atoms with Crippen molar-refractivity contribution in [2.75, 3.05) is 11.4 Å². The molecule has 1 aromatic carbocycles. The highest BCUT2D eigenvalue weighted by Crippen LogP contribution is 2.33. The van der Waals surface area contributed by atoms with E-state index in [4.69, 9.17) is 0 Å². The molecule has 1 N–H and O–H groups in total. The number of nitrogens with one attached hydrogen (secondary N) is 1. The number of rotatable bonds is 1. The lowest BCUT2D eigenvalue weighted by Gasteiger charge is -2.31. The van der Waals surface area contributed by atoms with Crippen LogP contribution in [0, 0.1) is 0 Å². The van der Waals surface area contributed by atoms with E-state index in [1.54, 1.807) is 0 Å². The molecule has 2 rings (SSSR count). The standard InChI is InChI=1S/C13H19BrN2/c1-9(2)16-8-10(3)15-7-11-5-4-6-12(14)13(11)16/h4-6,9-10,15H,7-8H2,1-3H3. The van der Waals surface area contributed by atoms with Gasteiger partial charge in [0, 0.05) is 29.6 Å². The second-order valence-corrected chi connectivity index (χ2v) is 5.63. The first-order valence-corrected chi connectivity index (χ1v) is 6.66. The quantitative estimate of drug-likeness (QED) is 0.851. The Morgan fingerprint density at radius 3 is 2.88 bits per heavy atom. The molecule has 1 aliphatic heterocycles. The monoisotopic (exact) mass is 282 g/mol. The zero-order chi connectivity index (χ0) is 11.7. The Balaban J connectivity index is 2.47. The second-order valence-electron chi connectivity index (χ2n) is 4.78. The number of halogens is 1. The van der Waals surface area contributed by atoms with Gasteiger partial charge in [0.2, 0.25) is 0 Å². The van der Waals surface area contributed by atoms with Crippen LogP contribution in [-0.2, 0) is 6.54 Å². The summed E-state index contributed by atoms with van der Waals surface area (Å²) < 4.78 is 1.20. The lowest BCUT2D eigenvalue weighted by Crippen LogP contribution is -2.39. The number of hydrogen-bond acceptors (Lipinski definition) is 2. The number of nitrogens with zero attached hydrogens (tertiary/aromatic N) is 1. The third-order valence-electron chi connectivity index (χ3n) is 3.09. The van der Waals surface area contributed by atoms with E-state index >= 15 is 0 Å². The van der Waals surface area contributed by atoms with E-state index in [1.165, 1.54) is 15.7 Å². The zero-order valence-corrected chi connectivity index (χ0v) is 11.7. The molecule has 88 valence electrons. The van der Waals surface area contributed by atoms with Crippen LogP contribution in [0.25, 0.3) is 0 Å². The molecule has 0 bridgehead atoms. The smallest absolute Gasteiger partial charge is 0.0559 e. The summed E-state index contributed by atoms with van der Waals surface area (Å²) in [4.78, 5) is 2.48. The Kier molecular flexibility index (Phi) is 3.55. The number of para-hydroxylation sites is 1. The molecule has 0 saturated heterocycles. The molecule has 2 nitrogen and oxygen atoms in total. The molecule has 0 saturated carbocycles. The van der Waals surface area contributed by atoms with Gasteiger partial charge in [0.1, 0.15) is 0 Å². The summed E-state index contributed by atoms with van der Waals surface area (Å²) >= 11 is 3.68. The fourth-order valence-corrected chi connectivity index (χ4v) is 2.86. The molecular formula is C13H19BrN2. The number of fused-ring (bicyclic) bond motifs is 1. The summed E-state index contributed by atoms with van der Waals surface area (Å²) in [5.74, 6) is 0. The SMILES string of the molecule is CC1CN(C(C)C)c2c(Br)cccc2CN1. The molecule has 0 fully saturated rings. The van der Waals surface area contributed by atoms with Crippen LogP contribution in [0.1, 0.15) is 26.3 Å². The van der Waals surface area contributed by atoms with Crippen LogP contribution in [0.15, 0.2) is 22.7 Å². The second kappa shape index (κ2) is 4.76. The highest BCUT2D eigenvalue weighted by atomic mass is 79.9. The van der Waals surface area contributed by atoms with E-state index in [-0.39, 0.29) is 0 Å². The number of anilines is 1. The summed E-state index contributed by atoms with van der Waals surface area (Å²) in [6.45, 7) is 8.77. The van der Waals surface area contributed by atoms with Crippen LogP contribution in [0.3, 0.4) is 0 Å². The van der Waals surface area contributed by atoms with Crippen molar-refractivity contribution in [1.82, 2.24) is 5.32 Å². The van der Waals surface area contributed by atoms with Gasteiger partial charge in [-0.3, -0.25) is 0 Å². The third kappa shape index (κ3) is 2.25. The van der Waals surface area contributed by atoms with Crippen molar-refractivity contribution in [3.63, 3.8) is 0 Å². The average molecular weight is 283 g/mol. The van der Waals surface area contributed by atoms with Gasteiger partial charge < -0.3 is 10.2 Å². The third-order valence-corrected chi connectivity index (χ3v) is 3.73. The normalized spacial score (nSPS) is 20.8. The van der Waals surface area contributed by atoms with Gasteiger partial charge in [-0.2, -0.15) is 0 Å². The zero-order valence-electron chi connectivity index (χ0n) is 10.1. The van der Waals surface area contributed by atoms with Crippen molar-refractivity contribution < 1.29 is 0 Å². The van der Waals surface area contributed by atoms with Gasteiger partial charge in [-0.15, -0.1) is 0 Å². The van der Waals surface area contributed by atoms with Gasteiger partial charge in [-0.05, 0) is 48.3 Å². The molecule has 0 amide bonds. The van der Waals surface area contributed by atoms with Gasteiger partial charge in [0.05, 0.1) is 5.69 Å². The molecule has 0 spiro atoms. The van der Waals surface area contributed by atoms with E-state index in [1.807, 2.05) is 0 Å². The minimum Gasteiger partial charge on any atom is -0.366 e. The summed E-state index contributed by atoms with van der Waals surface area (Å²) in [6, 6.07) is 7.51. The molecule has 1 heterocycles. The van der Waals surface area contributed by atoms with Crippen molar-refractivity contribution >= 4 is 21.6 Å². The minimum absolute atomic E-state index is 0.528. The van der Waals surface area contributed by atoms with Crippen LogP contribution in [0.4, 0.5) is 5.69 Å². The Labute approximate surface area is 106 Å². The topological polar surface area (TPSA) is 15.3 Å². The van der Waals surface area contributed by atoms with Crippen LogP contribution >= 0.6 is 15.9 Å². The lowest BCUT2D eigenvalue weighted by molar-refractivity contribution is 0.536. The molecule has 3 heteroatoms. The summed E-state index contributed by atoms with van der Waals surface area (Å²) in [6.07, 6.45) is 0. The molecule has 0 aromatic heterocycles. The Morgan fingerprint density at radius 2 is 2.19 bits per heavy atom. The Bertz CT molecular complexity index is 376. The van der Waals surface area contributed by atoms with Crippen molar-refractivity contribution in [2.45, 2.75) is 39.4 Å². The minimum atomic E-state index is 0.528. The van der Waals surface area contributed by atoms with Gasteiger partial charge >= 0.3 is 0 Å². The number of benzene rings is 1. The van der Waals surface area contributed by atoms with Crippen LogP contribution in [0.2, 0.25) is 0 Å². The maximum Gasteiger partial charge on any atom is 0.0559 e. The predicted molar refractivity (Wildman–Crippen MR) is 72.9 cm³/mol. The van der Waals surface area contributed by atoms with E-state index in [0.29, 0.717) is 12.1 Å². The molecule has 0 radical (unpaired) electrons. The van der Waals surface area contributed by atoms with E-state index in [2.05, 4.69) is 65.1 Å². The Hall–Kier alpha value is -0.540. The summed E-state index contributed by atoms with van der Waals surface area (Å²) in [5, 5.41) is 3.55. The first-order valence-electron chi connectivity index (χ1n) is 5.87. The molecule has 1 unspecified atom stereocenters. The lowest BCUT2D eigenvalue weighted by atomic mass is 10.1.